The highest BCUT2D eigenvalue weighted by molar-refractivity contribution is 5.41. The zero-order valence-corrected chi connectivity index (χ0v) is 12.6. The summed E-state index contributed by atoms with van der Waals surface area (Å²) in [6.07, 6.45) is 1.24. The highest BCUT2D eigenvalue weighted by atomic mass is 19.1. The van der Waals surface area contributed by atoms with E-state index in [0.29, 0.717) is 12.8 Å². The molecule has 5 nitrogen and oxygen atoms in total. The molecule has 0 aliphatic carbocycles. The largest absolute Gasteiger partial charge is 0.396 e. The first-order valence-electron chi connectivity index (χ1n) is 7.44. The molecule has 2 aromatic rings. The van der Waals surface area contributed by atoms with E-state index in [0.717, 1.165) is 5.56 Å². The van der Waals surface area contributed by atoms with Gasteiger partial charge >= 0.3 is 0 Å². The van der Waals surface area contributed by atoms with Gasteiger partial charge in [-0.15, -0.1) is 0 Å². The van der Waals surface area contributed by atoms with Crippen LogP contribution in [0, 0.1) is 15.9 Å². The Morgan fingerprint density at radius 1 is 1.17 bits per heavy atom. The van der Waals surface area contributed by atoms with Crippen LogP contribution >= 0.6 is 0 Å². The molecule has 0 saturated carbocycles. The molecule has 0 fully saturated rings. The maximum Gasteiger partial charge on any atom is 0.276 e. The van der Waals surface area contributed by atoms with Crippen molar-refractivity contribution in [2.24, 2.45) is 0 Å². The number of hydrogen-bond donors (Lipinski definition) is 2. The van der Waals surface area contributed by atoms with Gasteiger partial charge < -0.3 is 10.4 Å². The van der Waals surface area contributed by atoms with Gasteiger partial charge in [-0.05, 0) is 24.5 Å². The second-order valence-corrected chi connectivity index (χ2v) is 5.20. The molecule has 23 heavy (non-hydrogen) atoms. The van der Waals surface area contributed by atoms with Crippen molar-refractivity contribution in [1.29, 1.82) is 0 Å². The summed E-state index contributed by atoms with van der Waals surface area (Å²) >= 11 is 0. The van der Waals surface area contributed by atoms with Gasteiger partial charge in [0, 0.05) is 25.3 Å². The average molecular weight is 318 g/mol. The lowest BCUT2D eigenvalue weighted by molar-refractivity contribution is -0.385. The van der Waals surface area contributed by atoms with E-state index in [1.165, 1.54) is 18.2 Å². The Morgan fingerprint density at radius 2 is 1.91 bits per heavy atom. The third-order valence-electron chi connectivity index (χ3n) is 3.67. The Balaban J connectivity index is 2.17. The lowest BCUT2D eigenvalue weighted by Crippen LogP contribution is -2.22. The van der Waals surface area contributed by atoms with Gasteiger partial charge in [0.1, 0.15) is 5.82 Å². The van der Waals surface area contributed by atoms with Crippen LogP contribution in [0.3, 0.4) is 0 Å². The lowest BCUT2D eigenvalue weighted by atomic mass is 10.0. The third kappa shape index (κ3) is 4.58. The van der Waals surface area contributed by atoms with Crippen molar-refractivity contribution in [1.82, 2.24) is 5.32 Å². The molecule has 2 N–H and O–H groups in total. The second-order valence-electron chi connectivity index (χ2n) is 5.20. The fourth-order valence-corrected chi connectivity index (χ4v) is 2.49. The quantitative estimate of drug-likeness (QED) is 0.578. The van der Waals surface area contributed by atoms with E-state index >= 15 is 0 Å². The van der Waals surface area contributed by atoms with Gasteiger partial charge in [0.2, 0.25) is 0 Å². The number of nitrogens with one attached hydrogen (secondary N) is 1. The van der Waals surface area contributed by atoms with Crippen molar-refractivity contribution in [2.75, 3.05) is 6.61 Å². The van der Waals surface area contributed by atoms with Gasteiger partial charge in [-0.2, -0.15) is 0 Å². The molecule has 0 saturated heterocycles. The fourth-order valence-electron chi connectivity index (χ4n) is 2.49. The Labute approximate surface area is 133 Å². The molecule has 0 spiro atoms. The van der Waals surface area contributed by atoms with Gasteiger partial charge in [-0.3, -0.25) is 10.1 Å². The van der Waals surface area contributed by atoms with Crippen molar-refractivity contribution in [2.45, 2.75) is 25.4 Å². The molecule has 1 unspecified atom stereocenters. The van der Waals surface area contributed by atoms with Gasteiger partial charge in [-0.25, -0.2) is 4.39 Å². The van der Waals surface area contributed by atoms with E-state index in [2.05, 4.69) is 5.32 Å². The molecule has 0 bridgehead atoms. The molecular weight excluding hydrogens is 299 g/mol. The van der Waals surface area contributed by atoms with Crippen LogP contribution in [0.4, 0.5) is 10.1 Å². The maximum absolute atomic E-state index is 13.9. The number of nitro groups is 1. The average Bonchev–Trinajstić information content (AvgIpc) is 2.56. The summed E-state index contributed by atoms with van der Waals surface area (Å²) < 4.78 is 13.9. The van der Waals surface area contributed by atoms with Crippen molar-refractivity contribution < 1.29 is 14.4 Å². The zero-order chi connectivity index (χ0) is 16.7. The summed E-state index contributed by atoms with van der Waals surface area (Å²) in [5, 5.41) is 23.2. The van der Waals surface area contributed by atoms with Gasteiger partial charge in [-0.1, -0.05) is 36.4 Å². The molecule has 1 atom stereocenters. The molecule has 6 heteroatoms. The van der Waals surface area contributed by atoms with Gasteiger partial charge in [0.25, 0.3) is 5.69 Å². The maximum atomic E-state index is 13.9. The first-order chi connectivity index (χ1) is 11.1. The summed E-state index contributed by atoms with van der Waals surface area (Å²) in [6, 6.07) is 13.3. The standard InChI is InChI=1S/C17H19FN2O3/c18-15-8-4-10-17(20(22)23)14(15)12-19-16(9-5-11-21)13-6-2-1-3-7-13/h1-4,6-8,10,16,19,21H,5,9,11-12H2. The van der Waals surface area contributed by atoms with Crippen LogP contribution in [0.1, 0.15) is 30.0 Å². The minimum Gasteiger partial charge on any atom is -0.396 e. The Hall–Kier alpha value is -2.31. The second kappa shape index (κ2) is 8.36. The van der Waals surface area contributed by atoms with E-state index in [4.69, 9.17) is 5.11 Å². The van der Waals surface area contributed by atoms with E-state index in [-0.39, 0.29) is 30.4 Å². The third-order valence-corrected chi connectivity index (χ3v) is 3.67. The van der Waals surface area contributed by atoms with Crippen LogP contribution in [0.5, 0.6) is 0 Å². The molecule has 2 rings (SSSR count). The Bertz CT molecular complexity index is 650. The number of benzene rings is 2. The molecule has 0 radical (unpaired) electrons. The van der Waals surface area contributed by atoms with E-state index in [1.54, 1.807) is 0 Å². The van der Waals surface area contributed by atoms with E-state index < -0.39 is 10.7 Å². The van der Waals surface area contributed by atoms with Crippen LogP contribution in [-0.4, -0.2) is 16.6 Å². The molecule has 0 amide bonds. The van der Waals surface area contributed by atoms with Crippen LogP contribution < -0.4 is 5.32 Å². The molecular formula is C17H19FN2O3. The number of halogens is 1. The van der Waals surface area contributed by atoms with Gasteiger partial charge in [0.15, 0.2) is 0 Å². The molecule has 0 heterocycles. The monoisotopic (exact) mass is 318 g/mol. The topological polar surface area (TPSA) is 75.4 Å². The highest BCUT2D eigenvalue weighted by Gasteiger charge is 2.19. The predicted octanol–water partition coefficient (Wildman–Crippen LogP) is 3.34. The molecule has 0 aliphatic rings. The number of rotatable bonds is 8. The number of nitro benzene ring substituents is 1. The smallest absolute Gasteiger partial charge is 0.276 e. The molecule has 2 aromatic carbocycles. The van der Waals surface area contributed by atoms with E-state index in [9.17, 15) is 14.5 Å². The SMILES string of the molecule is O=[N+]([O-])c1cccc(F)c1CNC(CCCO)c1ccccc1. The first kappa shape index (κ1) is 17.1. The van der Waals surface area contributed by atoms with Crippen LogP contribution in [-0.2, 0) is 6.54 Å². The zero-order valence-electron chi connectivity index (χ0n) is 12.6. The Kier molecular flexibility index (Phi) is 6.19. The number of nitrogens with zero attached hydrogens (tertiary/aromatic N) is 1. The predicted molar refractivity (Wildman–Crippen MR) is 85.4 cm³/mol. The molecule has 0 aliphatic heterocycles. The first-order valence-corrected chi connectivity index (χ1v) is 7.44. The summed E-state index contributed by atoms with van der Waals surface area (Å²) in [6.45, 7) is 0.110. The normalized spacial score (nSPS) is 12.1. The van der Waals surface area contributed by atoms with Crippen molar-refractivity contribution >= 4 is 5.69 Å². The number of aliphatic hydroxyl groups is 1. The van der Waals surface area contributed by atoms with Crippen molar-refractivity contribution in [3.05, 3.63) is 75.6 Å². The molecule has 0 aromatic heterocycles. The number of hydrogen-bond acceptors (Lipinski definition) is 4. The van der Waals surface area contributed by atoms with Crippen molar-refractivity contribution in [3.8, 4) is 0 Å². The van der Waals surface area contributed by atoms with Crippen molar-refractivity contribution in [3.63, 3.8) is 0 Å². The van der Waals surface area contributed by atoms with Crippen LogP contribution in [0.2, 0.25) is 0 Å². The highest BCUT2D eigenvalue weighted by Crippen LogP contribution is 2.24. The lowest BCUT2D eigenvalue weighted by Gasteiger charge is -2.19. The summed E-state index contributed by atoms with van der Waals surface area (Å²) in [5.41, 5.74) is 0.814. The minimum absolute atomic E-state index is 0.0439. The summed E-state index contributed by atoms with van der Waals surface area (Å²) in [4.78, 5) is 10.5. The Morgan fingerprint density at radius 3 is 2.57 bits per heavy atom. The summed E-state index contributed by atoms with van der Waals surface area (Å²) in [7, 11) is 0. The summed E-state index contributed by atoms with van der Waals surface area (Å²) in [5.74, 6) is -0.597. The van der Waals surface area contributed by atoms with E-state index in [1.807, 2.05) is 30.3 Å². The minimum atomic E-state index is -0.597. The fraction of sp³-hybridized carbons (Fsp3) is 0.294. The molecule has 122 valence electrons. The van der Waals surface area contributed by atoms with Crippen LogP contribution in [0.15, 0.2) is 48.5 Å². The van der Waals surface area contributed by atoms with Crippen LogP contribution in [0.25, 0.3) is 0 Å². The number of aliphatic hydroxyl groups excluding tert-OH is 1. The van der Waals surface area contributed by atoms with Gasteiger partial charge in [0.05, 0.1) is 10.5 Å².